The first kappa shape index (κ1) is 18.0. The predicted octanol–water partition coefficient (Wildman–Crippen LogP) is 4.37. The molecule has 2 amide bonds. The van der Waals surface area contributed by atoms with Gasteiger partial charge < -0.3 is 15.0 Å². The second-order valence-electron chi connectivity index (χ2n) is 6.90. The number of nitrogens with zero attached hydrogens (tertiary/aromatic N) is 1. The number of nitrogens with one attached hydrogen (secondary N) is 1. The Kier molecular flexibility index (Phi) is 5.24. The van der Waals surface area contributed by atoms with Crippen LogP contribution in [0.1, 0.15) is 19.3 Å². The van der Waals surface area contributed by atoms with Crippen molar-refractivity contribution in [2.24, 2.45) is 0 Å². The fourth-order valence-corrected chi connectivity index (χ4v) is 3.43. The lowest BCUT2D eigenvalue weighted by molar-refractivity contribution is -0.119. The van der Waals surface area contributed by atoms with Gasteiger partial charge in [-0.1, -0.05) is 36.4 Å². The second-order valence-corrected chi connectivity index (χ2v) is 6.90. The standard InChI is InChI=1S/C23H22N2O3/c26-22(16-28-21-12-11-17-6-1-2-7-18(17)14-21)24-19-8-5-9-20(15-19)25-13-4-3-10-23(25)27/h1-2,5-9,11-12,14-15H,3-4,10,13,16H2,(H,24,26). The van der Waals surface area contributed by atoms with Gasteiger partial charge in [0.1, 0.15) is 5.75 Å². The van der Waals surface area contributed by atoms with E-state index in [0.717, 1.165) is 35.8 Å². The number of amides is 2. The Labute approximate surface area is 163 Å². The SMILES string of the molecule is O=C(COc1ccc2ccccc2c1)Nc1cccc(N2CCCCC2=O)c1. The van der Waals surface area contributed by atoms with Crippen LogP contribution in [0, 0.1) is 0 Å². The molecule has 0 aromatic heterocycles. The molecular formula is C23H22N2O3. The van der Waals surface area contributed by atoms with E-state index in [-0.39, 0.29) is 18.4 Å². The van der Waals surface area contributed by atoms with Gasteiger partial charge in [-0.3, -0.25) is 9.59 Å². The van der Waals surface area contributed by atoms with Gasteiger partial charge in [-0.2, -0.15) is 0 Å². The van der Waals surface area contributed by atoms with E-state index in [0.29, 0.717) is 17.9 Å². The van der Waals surface area contributed by atoms with Crippen LogP contribution in [-0.2, 0) is 9.59 Å². The zero-order valence-corrected chi connectivity index (χ0v) is 15.6. The van der Waals surface area contributed by atoms with Crippen molar-refractivity contribution >= 4 is 34.0 Å². The molecule has 1 aliphatic rings. The summed E-state index contributed by atoms with van der Waals surface area (Å²) in [7, 11) is 0. The first-order valence-electron chi connectivity index (χ1n) is 9.51. The third kappa shape index (κ3) is 4.14. The van der Waals surface area contributed by atoms with Crippen molar-refractivity contribution in [2.45, 2.75) is 19.3 Å². The summed E-state index contributed by atoms with van der Waals surface area (Å²) in [6.07, 6.45) is 2.52. The lowest BCUT2D eigenvalue weighted by Crippen LogP contribution is -2.35. The van der Waals surface area contributed by atoms with Crippen molar-refractivity contribution in [2.75, 3.05) is 23.4 Å². The van der Waals surface area contributed by atoms with Gasteiger partial charge in [-0.05, 0) is 53.9 Å². The molecule has 1 heterocycles. The van der Waals surface area contributed by atoms with Gasteiger partial charge in [0.2, 0.25) is 5.91 Å². The molecule has 28 heavy (non-hydrogen) atoms. The highest BCUT2D eigenvalue weighted by atomic mass is 16.5. The molecule has 1 N–H and O–H groups in total. The summed E-state index contributed by atoms with van der Waals surface area (Å²) in [6.45, 7) is 0.645. The number of fused-ring (bicyclic) bond motifs is 1. The van der Waals surface area contributed by atoms with E-state index < -0.39 is 0 Å². The normalized spacial score (nSPS) is 14.1. The predicted molar refractivity (Wildman–Crippen MR) is 111 cm³/mol. The lowest BCUT2D eigenvalue weighted by atomic mass is 10.1. The van der Waals surface area contributed by atoms with E-state index in [1.54, 1.807) is 4.90 Å². The Morgan fingerprint density at radius 3 is 2.68 bits per heavy atom. The summed E-state index contributed by atoms with van der Waals surface area (Å²) in [5, 5.41) is 5.04. The fourth-order valence-electron chi connectivity index (χ4n) is 3.43. The van der Waals surface area contributed by atoms with E-state index in [1.807, 2.05) is 66.7 Å². The third-order valence-electron chi connectivity index (χ3n) is 4.86. The van der Waals surface area contributed by atoms with Crippen LogP contribution >= 0.6 is 0 Å². The van der Waals surface area contributed by atoms with E-state index in [2.05, 4.69) is 5.32 Å². The van der Waals surface area contributed by atoms with Crippen molar-refractivity contribution in [3.8, 4) is 5.75 Å². The van der Waals surface area contributed by atoms with Crippen LogP contribution in [0.2, 0.25) is 0 Å². The molecule has 1 aliphatic heterocycles. The molecule has 0 saturated carbocycles. The topological polar surface area (TPSA) is 58.6 Å². The van der Waals surface area contributed by atoms with E-state index in [4.69, 9.17) is 4.74 Å². The van der Waals surface area contributed by atoms with E-state index >= 15 is 0 Å². The molecule has 0 unspecified atom stereocenters. The van der Waals surface area contributed by atoms with Crippen LogP contribution in [0.25, 0.3) is 10.8 Å². The Bertz CT molecular complexity index is 1020. The molecule has 1 saturated heterocycles. The molecular weight excluding hydrogens is 352 g/mol. The molecule has 4 rings (SSSR count). The highest BCUT2D eigenvalue weighted by Gasteiger charge is 2.19. The number of carbonyl (C=O) groups excluding carboxylic acids is 2. The maximum atomic E-state index is 12.3. The first-order chi connectivity index (χ1) is 13.7. The van der Waals surface area contributed by atoms with Gasteiger partial charge in [0.15, 0.2) is 6.61 Å². The average molecular weight is 374 g/mol. The third-order valence-corrected chi connectivity index (χ3v) is 4.86. The highest BCUT2D eigenvalue weighted by molar-refractivity contribution is 5.96. The van der Waals surface area contributed by atoms with Gasteiger partial charge >= 0.3 is 0 Å². The molecule has 0 bridgehead atoms. The molecule has 0 radical (unpaired) electrons. The van der Waals surface area contributed by atoms with Crippen LogP contribution < -0.4 is 15.0 Å². The zero-order valence-electron chi connectivity index (χ0n) is 15.6. The van der Waals surface area contributed by atoms with Crippen LogP contribution in [0.15, 0.2) is 66.7 Å². The fraction of sp³-hybridized carbons (Fsp3) is 0.217. The van der Waals surface area contributed by atoms with Crippen molar-refractivity contribution in [1.82, 2.24) is 0 Å². The van der Waals surface area contributed by atoms with Crippen molar-refractivity contribution in [3.05, 3.63) is 66.7 Å². The smallest absolute Gasteiger partial charge is 0.262 e. The van der Waals surface area contributed by atoms with Crippen LogP contribution in [0.5, 0.6) is 5.75 Å². The molecule has 0 aliphatic carbocycles. The largest absolute Gasteiger partial charge is 0.484 e. The summed E-state index contributed by atoms with van der Waals surface area (Å²) >= 11 is 0. The Morgan fingerprint density at radius 2 is 1.82 bits per heavy atom. The molecule has 5 nitrogen and oxygen atoms in total. The highest BCUT2D eigenvalue weighted by Crippen LogP contribution is 2.24. The number of carbonyl (C=O) groups is 2. The van der Waals surface area contributed by atoms with Gasteiger partial charge in [0.25, 0.3) is 5.91 Å². The van der Waals surface area contributed by atoms with E-state index in [1.165, 1.54) is 0 Å². The number of ether oxygens (including phenoxy) is 1. The van der Waals surface area contributed by atoms with Crippen molar-refractivity contribution in [1.29, 1.82) is 0 Å². The summed E-state index contributed by atoms with van der Waals surface area (Å²) in [4.78, 5) is 26.2. The summed E-state index contributed by atoms with van der Waals surface area (Å²) in [5.41, 5.74) is 1.47. The lowest BCUT2D eigenvalue weighted by Gasteiger charge is -2.27. The van der Waals surface area contributed by atoms with Gasteiger partial charge in [0.05, 0.1) is 0 Å². The van der Waals surface area contributed by atoms with Gasteiger partial charge in [0, 0.05) is 24.3 Å². The minimum absolute atomic E-state index is 0.0782. The van der Waals surface area contributed by atoms with E-state index in [9.17, 15) is 9.59 Å². The maximum Gasteiger partial charge on any atom is 0.262 e. The first-order valence-corrected chi connectivity index (χ1v) is 9.51. The molecule has 0 atom stereocenters. The van der Waals surface area contributed by atoms with Crippen molar-refractivity contribution in [3.63, 3.8) is 0 Å². The molecule has 142 valence electrons. The number of anilines is 2. The zero-order chi connectivity index (χ0) is 19.3. The molecule has 3 aromatic rings. The Balaban J connectivity index is 1.38. The van der Waals surface area contributed by atoms with Gasteiger partial charge in [-0.15, -0.1) is 0 Å². The number of rotatable bonds is 5. The summed E-state index contributed by atoms with van der Waals surface area (Å²) < 4.78 is 5.64. The molecule has 0 spiro atoms. The molecule has 5 heteroatoms. The molecule has 3 aromatic carbocycles. The summed E-state index contributed by atoms with van der Waals surface area (Å²) in [6, 6.07) is 21.1. The Hall–Kier alpha value is -3.34. The monoisotopic (exact) mass is 374 g/mol. The number of benzene rings is 3. The number of piperidine rings is 1. The summed E-state index contributed by atoms with van der Waals surface area (Å²) in [5.74, 6) is 0.547. The van der Waals surface area contributed by atoms with Crippen LogP contribution in [0.3, 0.4) is 0 Å². The number of hydrogen-bond donors (Lipinski definition) is 1. The second kappa shape index (κ2) is 8.13. The average Bonchev–Trinajstić information content (AvgIpc) is 2.73. The van der Waals surface area contributed by atoms with Crippen LogP contribution in [0.4, 0.5) is 11.4 Å². The minimum atomic E-state index is -0.240. The number of hydrogen-bond acceptors (Lipinski definition) is 3. The minimum Gasteiger partial charge on any atom is -0.484 e. The Morgan fingerprint density at radius 1 is 0.964 bits per heavy atom. The van der Waals surface area contributed by atoms with Crippen molar-refractivity contribution < 1.29 is 14.3 Å². The quantitative estimate of drug-likeness (QED) is 0.721. The molecule has 1 fully saturated rings. The van der Waals surface area contributed by atoms with Crippen LogP contribution in [-0.4, -0.2) is 25.0 Å². The van der Waals surface area contributed by atoms with Gasteiger partial charge in [-0.25, -0.2) is 0 Å². The maximum absolute atomic E-state index is 12.3.